The van der Waals surface area contributed by atoms with Crippen molar-refractivity contribution in [1.29, 1.82) is 0 Å². The second kappa shape index (κ2) is 5.50. The van der Waals surface area contributed by atoms with Gasteiger partial charge in [0.25, 0.3) is 0 Å². The van der Waals surface area contributed by atoms with E-state index in [1.807, 2.05) is 13.1 Å². The van der Waals surface area contributed by atoms with Gasteiger partial charge in [0.15, 0.2) is 0 Å². The molecule has 0 spiro atoms. The SMILES string of the molecule is COc1cc(CNCc2ccc(O)cn2)nn1C. The minimum atomic E-state index is 0.174. The van der Waals surface area contributed by atoms with Crippen LogP contribution in [0.5, 0.6) is 11.6 Å². The summed E-state index contributed by atoms with van der Waals surface area (Å²) in [4.78, 5) is 4.09. The maximum absolute atomic E-state index is 9.11. The summed E-state index contributed by atoms with van der Waals surface area (Å²) in [6, 6.07) is 5.28. The number of nitrogens with zero attached hydrogens (tertiary/aromatic N) is 3. The van der Waals surface area contributed by atoms with E-state index in [4.69, 9.17) is 9.84 Å². The fourth-order valence-corrected chi connectivity index (χ4v) is 1.62. The van der Waals surface area contributed by atoms with Gasteiger partial charge in [-0.3, -0.25) is 4.98 Å². The van der Waals surface area contributed by atoms with E-state index in [1.165, 1.54) is 6.20 Å². The number of rotatable bonds is 5. The Morgan fingerprint density at radius 3 is 2.72 bits per heavy atom. The van der Waals surface area contributed by atoms with Gasteiger partial charge in [-0.2, -0.15) is 5.10 Å². The van der Waals surface area contributed by atoms with Crippen LogP contribution in [-0.4, -0.2) is 27.0 Å². The molecule has 0 saturated heterocycles. The predicted octanol–water partition coefficient (Wildman–Crippen LogP) is 0.819. The summed E-state index contributed by atoms with van der Waals surface area (Å²) >= 11 is 0. The van der Waals surface area contributed by atoms with Gasteiger partial charge in [0.2, 0.25) is 5.88 Å². The van der Waals surface area contributed by atoms with Crippen LogP contribution >= 0.6 is 0 Å². The van der Waals surface area contributed by atoms with E-state index in [1.54, 1.807) is 23.9 Å². The Morgan fingerprint density at radius 2 is 2.11 bits per heavy atom. The van der Waals surface area contributed by atoms with Crippen LogP contribution in [0.4, 0.5) is 0 Å². The van der Waals surface area contributed by atoms with Crippen LogP contribution in [0.3, 0.4) is 0 Å². The van der Waals surface area contributed by atoms with Crippen molar-refractivity contribution in [2.24, 2.45) is 7.05 Å². The molecular formula is C12H16N4O2. The smallest absolute Gasteiger partial charge is 0.211 e. The van der Waals surface area contributed by atoms with Crippen LogP contribution in [0.15, 0.2) is 24.4 Å². The van der Waals surface area contributed by atoms with Crippen LogP contribution in [0.1, 0.15) is 11.4 Å². The maximum atomic E-state index is 9.11. The molecule has 18 heavy (non-hydrogen) atoms. The van der Waals surface area contributed by atoms with Gasteiger partial charge in [0.1, 0.15) is 5.75 Å². The molecule has 2 N–H and O–H groups in total. The van der Waals surface area contributed by atoms with E-state index in [2.05, 4.69) is 15.4 Å². The molecule has 0 aromatic carbocycles. The molecule has 0 fully saturated rings. The number of methoxy groups -OCH3 is 1. The normalized spacial score (nSPS) is 10.6. The highest BCUT2D eigenvalue weighted by atomic mass is 16.5. The minimum Gasteiger partial charge on any atom is -0.506 e. The van der Waals surface area contributed by atoms with Gasteiger partial charge >= 0.3 is 0 Å². The summed E-state index contributed by atoms with van der Waals surface area (Å²) in [6.45, 7) is 1.26. The Balaban J connectivity index is 1.86. The van der Waals surface area contributed by atoms with Gasteiger partial charge in [0, 0.05) is 26.2 Å². The van der Waals surface area contributed by atoms with Crippen molar-refractivity contribution in [3.63, 3.8) is 0 Å². The second-order valence-electron chi connectivity index (χ2n) is 3.91. The highest BCUT2D eigenvalue weighted by Gasteiger charge is 2.04. The first-order valence-corrected chi connectivity index (χ1v) is 5.60. The molecule has 0 amide bonds. The van der Waals surface area contributed by atoms with Crippen molar-refractivity contribution in [2.45, 2.75) is 13.1 Å². The van der Waals surface area contributed by atoms with Crippen LogP contribution in [0.2, 0.25) is 0 Å². The third kappa shape index (κ3) is 2.98. The number of hydrogen-bond acceptors (Lipinski definition) is 5. The fourth-order valence-electron chi connectivity index (χ4n) is 1.62. The Morgan fingerprint density at radius 1 is 1.33 bits per heavy atom. The Bertz CT molecular complexity index is 507. The summed E-state index contributed by atoms with van der Waals surface area (Å²) in [5.74, 6) is 0.905. The summed E-state index contributed by atoms with van der Waals surface area (Å²) in [5.41, 5.74) is 1.78. The number of nitrogens with one attached hydrogen (secondary N) is 1. The lowest BCUT2D eigenvalue weighted by Gasteiger charge is -2.02. The number of hydrogen-bond donors (Lipinski definition) is 2. The minimum absolute atomic E-state index is 0.174. The number of aromatic nitrogens is 3. The molecule has 2 aromatic heterocycles. The van der Waals surface area contributed by atoms with Gasteiger partial charge in [0.05, 0.1) is 24.7 Å². The zero-order valence-electron chi connectivity index (χ0n) is 10.4. The lowest BCUT2D eigenvalue weighted by molar-refractivity contribution is 0.373. The van der Waals surface area contributed by atoms with Crippen molar-refractivity contribution in [3.8, 4) is 11.6 Å². The van der Waals surface area contributed by atoms with Gasteiger partial charge in [-0.05, 0) is 12.1 Å². The highest BCUT2D eigenvalue weighted by Crippen LogP contribution is 2.11. The fraction of sp³-hybridized carbons (Fsp3) is 0.333. The first-order chi connectivity index (χ1) is 8.69. The molecular weight excluding hydrogens is 232 g/mol. The van der Waals surface area contributed by atoms with E-state index in [0.717, 1.165) is 17.3 Å². The highest BCUT2D eigenvalue weighted by molar-refractivity contribution is 5.18. The lowest BCUT2D eigenvalue weighted by atomic mass is 10.3. The zero-order chi connectivity index (χ0) is 13.0. The van der Waals surface area contributed by atoms with Crippen molar-refractivity contribution in [1.82, 2.24) is 20.1 Å². The number of ether oxygens (including phenoxy) is 1. The third-order valence-electron chi connectivity index (χ3n) is 2.52. The lowest BCUT2D eigenvalue weighted by Crippen LogP contribution is -2.14. The Labute approximate surface area is 105 Å². The summed E-state index contributed by atoms with van der Waals surface area (Å²) in [7, 11) is 3.46. The second-order valence-corrected chi connectivity index (χ2v) is 3.91. The average Bonchev–Trinajstić information content (AvgIpc) is 2.72. The van der Waals surface area contributed by atoms with E-state index >= 15 is 0 Å². The molecule has 6 heteroatoms. The average molecular weight is 248 g/mol. The molecule has 0 aliphatic rings. The van der Waals surface area contributed by atoms with Gasteiger partial charge in [-0.25, -0.2) is 4.68 Å². The van der Waals surface area contributed by atoms with Crippen molar-refractivity contribution in [3.05, 3.63) is 35.8 Å². The molecule has 2 heterocycles. The molecule has 6 nitrogen and oxygen atoms in total. The predicted molar refractivity (Wildman–Crippen MR) is 66.2 cm³/mol. The monoisotopic (exact) mass is 248 g/mol. The maximum Gasteiger partial charge on any atom is 0.211 e. The van der Waals surface area contributed by atoms with Crippen LogP contribution < -0.4 is 10.1 Å². The van der Waals surface area contributed by atoms with Crippen molar-refractivity contribution in [2.75, 3.05) is 7.11 Å². The van der Waals surface area contributed by atoms with Gasteiger partial charge < -0.3 is 15.2 Å². The molecule has 0 atom stereocenters. The van der Waals surface area contributed by atoms with Crippen LogP contribution in [-0.2, 0) is 20.1 Å². The molecule has 0 radical (unpaired) electrons. The largest absolute Gasteiger partial charge is 0.506 e. The quantitative estimate of drug-likeness (QED) is 0.819. The van der Waals surface area contributed by atoms with Crippen LogP contribution in [0, 0.1) is 0 Å². The molecule has 0 aliphatic carbocycles. The first-order valence-electron chi connectivity index (χ1n) is 5.60. The molecule has 2 aromatic rings. The summed E-state index contributed by atoms with van der Waals surface area (Å²) in [6.07, 6.45) is 1.43. The first kappa shape index (κ1) is 12.4. The third-order valence-corrected chi connectivity index (χ3v) is 2.52. The summed E-state index contributed by atoms with van der Waals surface area (Å²) < 4.78 is 6.83. The number of pyridine rings is 1. The molecule has 0 unspecified atom stereocenters. The van der Waals surface area contributed by atoms with E-state index in [0.29, 0.717) is 13.1 Å². The van der Waals surface area contributed by atoms with Crippen molar-refractivity contribution >= 4 is 0 Å². The van der Waals surface area contributed by atoms with E-state index in [9.17, 15) is 0 Å². The molecule has 0 bridgehead atoms. The molecule has 2 rings (SSSR count). The molecule has 96 valence electrons. The standard InChI is InChI=1S/C12H16N4O2/c1-16-12(18-2)5-10(15-16)7-13-6-9-3-4-11(17)8-14-9/h3-5,8,13,17H,6-7H2,1-2H3. The van der Waals surface area contributed by atoms with Gasteiger partial charge in [-0.15, -0.1) is 0 Å². The number of aryl methyl sites for hydroxylation is 1. The molecule has 0 saturated carbocycles. The van der Waals surface area contributed by atoms with Crippen molar-refractivity contribution < 1.29 is 9.84 Å². The zero-order valence-corrected chi connectivity index (χ0v) is 10.4. The topological polar surface area (TPSA) is 72.2 Å². The molecule has 0 aliphatic heterocycles. The Hall–Kier alpha value is -2.08. The number of aromatic hydroxyl groups is 1. The Kier molecular flexibility index (Phi) is 3.78. The van der Waals surface area contributed by atoms with E-state index in [-0.39, 0.29) is 5.75 Å². The summed E-state index contributed by atoms with van der Waals surface area (Å²) in [5, 5.41) is 16.6. The van der Waals surface area contributed by atoms with Crippen LogP contribution in [0.25, 0.3) is 0 Å². The van der Waals surface area contributed by atoms with E-state index < -0.39 is 0 Å². The van der Waals surface area contributed by atoms with Gasteiger partial charge in [-0.1, -0.05) is 0 Å².